The van der Waals surface area contributed by atoms with Crippen LogP contribution in [0.15, 0.2) is 59.4 Å². The zero-order valence-electron chi connectivity index (χ0n) is 18.4. The normalized spacial score (nSPS) is 13.8. The Bertz CT molecular complexity index is 1170. The van der Waals surface area contributed by atoms with E-state index in [1.165, 1.54) is 46.7 Å². The van der Waals surface area contributed by atoms with Crippen LogP contribution in [0, 0.1) is 12.7 Å². The molecule has 2 aromatic carbocycles. The summed E-state index contributed by atoms with van der Waals surface area (Å²) in [5.41, 5.74) is 2.08. The number of anilines is 1. The van der Waals surface area contributed by atoms with Crippen LogP contribution in [0.5, 0.6) is 0 Å². The van der Waals surface area contributed by atoms with Gasteiger partial charge in [-0.15, -0.1) is 0 Å². The number of para-hydroxylation sites is 1. The number of benzene rings is 2. The summed E-state index contributed by atoms with van der Waals surface area (Å²) in [6, 6.07) is 15.6. The van der Waals surface area contributed by atoms with Crippen molar-refractivity contribution in [3.63, 3.8) is 0 Å². The van der Waals surface area contributed by atoms with Crippen molar-refractivity contribution in [1.29, 1.82) is 0 Å². The molecule has 0 N–H and O–H groups in total. The van der Waals surface area contributed by atoms with Crippen molar-refractivity contribution in [3.05, 3.63) is 87.6 Å². The minimum Gasteiger partial charge on any atom is -0.372 e. The number of rotatable bonds is 5. The maximum atomic E-state index is 14.3. The lowest BCUT2D eigenvalue weighted by molar-refractivity contribution is 0.0776. The Morgan fingerprint density at radius 3 is 2.44 bits per heavy atom. The lowest BCUT2D eigenvalue weighted by atomic mass is 10.1. The van der Waals surface area contributed by atoms with Gasteiger partial charge in [-0.2, -0.15) is 5.10 Å². The highest BCUT2D eigenvalue weighted by molar-refractivity contribution is 5.91. The molecule has 0 saturated carbocycles. The molecular weight excluding hydrogens is 407 g/mol. The Morgan fingerprint density at radius 1 is 1.06 bits per heavy atom. The second kappa shape index (κ2) is 9.34. The summed E-state index contributed by atoms with van der Waals surface area (Å²) in [5.74, 6) is -0.979. The molecule has 1 aliphatic heterocycles. The number of aryl methyl sites for hydroxylation is 1. The van der Waals surface area contributed by atoms with E-state index in [1.807, 2.05) is 12.1 Å². The van der Waals surface area contributed by atoms with E-state index in [0.29, 0.717) is 12.2 Å². The molecule has 0 bridgehead atoms. The Balaban J connectivity index is 1.53. The molecule has 7 heteroatoms. The van der Waals surface area contributed by atoms with Crippen LogP contribution in [0.2, 0.25) is 0 Å². The molecule has 166 valence electrons. The van der Waals surface area contributed by atoms with Crippen LogP contribution in [0.1, 0.15) is 41.0 Å². The standard InChI is InChI=1S/C25H27FN4O2/c1-18-16-23(31)24(27-30(18)22-9-5-4-8-21(22)26)25(32)28(2)17-19-10-12-20(13-11-19)29-14-6-3-7-15-29/h4-5,8-13,16H,3,6-7,14-15,17H2,1-2H3. The number of halogens is 1. The number of amides is 1. The van der Waals surface area contributed by atoms with Crippen LogP contribution in [0.25, 0.3) is 5.69 Å². The first-order valence-electron chi connectivity index (χ1n) is 10.9. The largest absolute Gasteiger partial charge is 0.372 e. The molecule has 2 heterocycles. The average molecular weight is 435 g/mol. The summed E-state index contributed by atoms with van der Waals surface area (Å²) >= 11 is 0. The number of aromatic nitrogens is 2. The van der Waals surface area contributed by atoms with Crippen molar-refractivity contribution in [2.75, 3.05) is 25.0 Å². The molecule has 1 amide bonds. The minimum atomic E-state index is -0.500. The minimum absolute atomic E-state index is 0.190. The zero-order chi connectivity index (χ0) is 22.7. The van der Waals surface area contributed by atoms with Gasteiger partial charge in [0, 0.05) is 44.1 Å². The molecule has 3 aromatic rings. The fraction of sp³-hybridized carbons (Fsp3) is 0.320. The van der Waals surface area contributed by atoms with Crippen molar-refractivity contribution in [3.8, 4) is 5.69 Å². The lowest BCUT2D eigenvalue weighted by Gasteiger charge is -2.29. The van der Waals surface area contributed by atoms with Gasteiger partial charge in [0.2, 0.25) is 5.43 Å². The maximum absolute atomic E-state index is 14.3. The first-order valence-corrected chi connectivity index (χ1v) is 10.9. The van der Waals surface area contributed by atoms with E-state index in [-0.39, 0.29) is 11.4 Å². The second-order valence-electron chi connectivity index (χ2n) is 8.24. The summed E-state index contributed by atoms with van der Waals surface area (Å²) in [6.45, 7) is 4.15. The molecule has 1 aromatic heterocycles. The predicted octanol–water partition coefficient (Wildman–Crippen LogP) is 3.94. The summed E-state index contributed by atoms with van der Waals surface area (Å²) in [7, 11) is 1.63. The SMILES string of the molecule is Cc1cc(=O)c(C(=O)N(C)Cc2ccc(N3CCCCC3)cc2)nn1-c1ccccc1F. The average Bonchev–Trinajstić information content (AvgIpc) is 2.80. The van der Waals surface area contributed by atoms with E-state index in [1.54, 1.807) is 32.2 Å². The van der Waals surface area contributed by atoms with Crippen LogP contribution in [0.3, 0.4) is 0 Å². The number of carbonyl (C=O) groups excluding carboxylic acids is 1. The highest BCUT2D eigenvalue weighted by atomic mass is 19.1. The van der Waals surface area contributed by atoms with Crippen molar-refractivity contribution >= 4 is 11.6 Å². The van der Waals surface area contributed by atoms with Crippen LogP contribution in [0.4, 0.5) is 10.1 Å². The number of hydrogen-bond acceptors (Lipinski definition) is 4. The van der Waals surface area contributed by atoms with Crippen LogP contribution in [-0.4, -0.2) is 40.7 Å². The van der Waals surface area contributed by atoms with Gasteiger partial charge < -0.3 is 9.80 Å². The smallest absolute Gasteiger partial charge is 0.278 e. The Labute approximate surface area is 186 Å². The highest BCUT2D eigenvalue weighted by Gasteiger charge is 2.20. The van der Waals surface area contributed by atoms with Crippen LogP contribution < -0.4 is 10.3 Å². The van der Waals surface area contributed by atoms with Crippen LogP contribution >= 0.6 is 0 Å². The van der Waals surface area contributed by atoms with Gasteiger partial charge in [0.15, 0.2) is 5.69 Å². The monoisotopic (exact) mass is 434 g/mol. The Morgan fingerprint density at radius 2 is 1.75 bits per heavy atom. The lowest BCUT2D eigenvalue weighted by Crippen LogP contribution is -2.33. The van der Waals surface area contributed by atoms with Gasteiger partial charge in [0.1, 0.15) is 11.5 Å². The van der Waals surface area contributed by atoms with E-state index < -0.39 is 17.2 Å². The quantitative estimate of drug-likeness (QED) is 0.610. The third kappa shape index (κ3) is 4.56. The molecular formula is C25H27FN4O2. The van der Waals surface area contributed by atoms with Crippen molar-refractivity contribution in [1.82, 2.24) is 14.7 Å². The first-order chi connectivity index (χ1) is 15.4. The third-order valence-corrected chi connectivity index (χ3v) is 5.81. The van der Waals surface area contributed by atoms with Gasteiger partial charge in [-0.3, -0.25) is 9.59 Å². The highest BCUT2D eigenvalue weighted by Crippen LogP contribution is 2.21. The van der Waals surface area contributed by atoms with Gasteiger partial charge in [0.25, 0.3) is 5.91 Å². The summed E-state index contributed by atoms with van der Waals surface area (Å²) < 4.78 is 15.6. The third-order valence-electron chi connectivity index (χ3n) is 5.81. The van der Waals surface area contributed by atoms with Gasteiger partial charge in [-0.25, -0.2) is 9.07 Å². The van der Waals surface area contributed by atoms with E-state index in [0.717, 1.165) is 18.7 Å². The topological polar surface area (TPSA) is 58.4 Å². The van der Waals surface area contributed by atoms with Crippen molar-refractivity contribution < 1.29 is 9.18 Å². The van der Waals surface area contributed by atoms with Crippen molar-refractivity contribution in [2.45, 2.75) is 32.7 Å². The Hall–Kier alpha value is -3.48. The molecule has 1 fully saturated rings. The van der Waals surface area contributed by atoms with Crippen molar-refractivity contribution in [2.24, 2.45) is 0 Å². The van der Waals surface area contributed by atoms with E-state index in [4.69, 9.17) is 0 Å². The number of hydrogen-bond donors (Lipinski definition) is 0. The zero-order valence-corrected chi connectivity index (χ0v) is 18.4. The summed E-state index contributed by atoms with van der Waals surface area (Å²) in [6.07, 6.45) is 3.72. The van der Waals surface area contributed by atoms with E-state index in [2.05, 4.69) is 22.1 Å². The number of carbonyl (C=O) groups is 1. The van der Waals surface area contributed by atoms with Crippen LogP contribution in [-0.2, 0) is 6.54 Å². The summed E-state index contributed by atoms with van der Waals surface area (Å²) in [5, 5.41) is 4.21. The van der Waals surface area contributed by atoms with Gasteiger partial charge >= 0.3 is 0 Å². The van der Waals surface area contributed by atoms with Gasteiger partial charge in [-0.05, 0) is 56.0 Å². The molecule has 1 saturated heterocycles. The molecule has 0 radical (unpaired) electrons. The Kier molecular flexibility index (Phi) is 6.35. The fourth-order valence-electron chi connectivity index (χ4n) is 4.05. The number of piperidine rings is 1. The molecule has 0 atom stereocenters. The molecule has 32 heavy (non-hydrogen) atoms. The molecule has 0 aliphatic carbocycles. The first kappa shape index (κ1) is 21.7. The van der Waals surface area contributed by atoms with E-state index in [9.17, 15) is 14.0 Å². The van der Waals surface area contributed by atoms with Gasteiger partial charge in [0.05, 0.1) is 0 Å². The van der Waals surface area contributed by atoms with Gasteiger partial charge in [-0.1, -0.05) is 24.3 Å². The maximum Gasteiger partial charge on any atom is 0.278 e. The molecule has 0 spiro atoms. The van der Waals surface area contributed by atoms with E-state index >= 15 is 0 Å². The summed E-state index contributed by atoms with van der Waals surface area (Å²) in [4.78, 5) is 29.4. The molecule has 1 aliphatic rings. The fourth-order valence-corrected chi connectivity index (χ4v) is 4.05. The molecule has 4 rings (SSSR count). The predicted molar refractivity (Wildman–Crippen MR) is 123 cm³/mol. The molecule has 6 nitrogen and oxygen atoms in total. The number of nitrogens with zero attached hydrogens (tertiary/aromatic N) is 4. The second-order valence-corrected chi connectivity index (χ2v) is 8.24. The molecule has 0 unspecified atom stereocenters.